The monoisotopic (exact) mass is 319 g/mol. The van der Waals surface area contributed by atoms with Crippen LogP contribution in [0.25, 0.3) is 16.2 Å². The van der Waals surface area contributed by atoms with Crippen LogP contribution >= 0.6 is 22.9 Å². The van der Waals surface area contributed by atoms with Gasteiger partial charge in [0.25, 0.3) is 0 Å². The highest BCUT2D eigenvalue weighted by Crippen LogP contribution is 2.34. The minimum absolute atomic E-state index is 0.0359. The first kappa shape index (κ1) is 13.2. The number of nitrogens with zero attached hydrogens (tertiary/aromatic N) is 3. The van der Waals surface area contributed by atoms with Crippen molar-refractivity contribution in [2.45, 2.75) is 25.4 Å². The van der Waals surface area contributed by atoms with Crippen molar-refractivity contribution in [3.63, 3.8) is 0 Å². The quantitative estimate of drug-likeness (QED) is 0.704. The summed E-state index contributed by atoms with van der Waals surface area (Å²) in [5, 5.41) is 1.03. The number of rotatable bonds is 2. The van der Waals surface area contributed by atoms with E-state index in [0.29, 0.717) is 0 Å². The maximum Gasteiger partial charge on any atom is 0.165 e. The van der Waals surface area contributed by atoms with E-state index in [2.05, 4.69) is 9.55 Å². The number of thiophene rings is 1. The first-order chi connectivity index (χ1) is 10.3. The molecule has 0 amide bonds. The average molecular weight is 320 g/mol. The van der Waals surface area contributed by atoms with Crippen LogP contribution < -0.4 is 0 Å². The standard InChI is InChI=1S/C15H14ClN3OS/c16-12-6-7-13(21-12)19-14-10(4-3-8-17-14)18-15(19)11-5-1-2-9-20-11/h3-4,6-8,11H,1-2,5,9H2. The van der Waals surface area contributed by atoms with Crippen molar-refractivity contribution in [3.05, 3.63) is 40.6 Å². The summed E-state index contributed by atoms with van der Waals surface area (Å²) < 4.78 is 8.77. The Labute approximate surface area is 131 Å². The number of ether oxygens (including phenoxy) is 1. The molecule has 108 valence electrons. The number of halogens is 1. The normalized spacial score (nSPS) is 19.2. The van der Waals surface area contributed by atoms with Crippen LogP contribution in [0.3, 0.4) is 0 Å². The minimum Gasteiger partial charge on any atom is -0.370 e. The number of pyridine rings is 1. The number of hydrogen-bond acceptors (Lipinski definition) is 4. The molecule has 4 heterocycles. The molecule has 0 aliphatic carbocycles. The van der Waals surface area contributed by atoms with E-state index in [4.69, 9.17) is 21.3 Å². The van der Waals surface area contributed by atoms with E-state index in [9.17, 15) is 0 Å². The lowest BCUT2D eigenvalue weighted by Crippen LogP contribution is -2.15. The van der Waals surface area contributed by atoms with E-state index >= 15 is 0 Å². The molecule has 21 heavy (non-hydrogen) atoms. The van der Waals surface area contributed by atoms with E-state index < -0.39 is 0 Å². The van der Waals surface area contributed by atoms with Crippen molar-refractivity contribution in [2.75, 3.05) is 6.61 Å². The second-order valence-electron chi connectivity index (χ2n) is 5.08. The molecule has 0 N–H and O–H groups in total. The van der Waals surface area contributed by atoms with Crippen LogP contribution in [0, 0.1) is 0 Å². The molecule has 1 saturated heterocycles. The lowest BCUT2D eigenvalue weighted by Gasteiger charge is -2.22. The molecule has 0 spiro atoms. The Bertz CT molecular complexity index is 776. The minimum atomic E-state index is 0.0359. The molecule has 4 rings (SSSR count). The first-order valence-electron chi connectivity index (χ1n) is 7.03. The predicted molar refractivity (Wildman–Crippen MR) is 84.3 cm³/mol. The van der Waals surface area contributed by atoms with Gasteiger partial charge in [-0.3, -0.25) is 4.57 Å². The Kier molecular flexibility index (Phi) is 3.41. The maximum absolute atomic E-state index is 6.10. The molecule has 0 radical (unpaired) electrons. The van der Waals surface area contributed by atoms with Crippen LogP contribution in [-0.4, -0.2) is 21.1 Å². The second kappa shape index (κ2) is 5.40. The molecule has 3 aromatic rings. The Morgan fingerprint density at radius 3 is 3.00 bits per heavy atom. The van der Waals surface area contributed by atoms with Gasteiger partial charge in [0.05, 0.1) is 4.34 Å². The van der Waals surface area contributed by atoms with E-state index in [1.165, 1.54) is 17.8 Å². The van der Waals surface area contributed by atoms with Gasteiger partial charge in [-0.05, 0) is 43.5 Å². The molecule has 1 atom stereocenters. The second-order valence-corrected chi connectivity index (χ2v) is 6.78. The Morgan fingerprint density at radius 1 is 1.29 bits per heavy atom. The van der Waals surface area contributed by atoms with Crippen LogP contribution in [0.15, 0.2) is 30.5 Å². The molecule has 0 saturated carbocycles. The molecule has 4 nitrogen and oxygen atoms in total. The van der Waals surface area contributed by atoms with Crippen LogP contribution in [0.5, 0.6) is 0 Å². The zero-order valence-corrected chi connectivity index (χ0v) is 12.9. The third-order valence-corrected chi connectivity index (χ3v) is 4.91. The molecule has 6 heteroatoms. The third-order valence-electron chi connectivity index (χ3n) is 3.69. The van der Waals surface area contributed by atoms with Gasteiger partial charge in [-0.2, -0.15) is 0 Å². The summed E-state index contributed by atoms with van der Waals surface area (Å²) in [5.41, 5.74) is 1.76. The van der Waals surface area contributed by atoms with Crippen molar-refractivity contribution in [3.8, 4) is 5.00 Å². The highest BCUT2D eigenvalue weighted by atomic mass is 35.5. The van der Waals surface area contributed by atoms with Crippen molar-refractivity contribution < 1.29 is 4.74 Å². The van der Waals surface area contributed by atoms with Gasteiger partial charge in [0, 0.05) is 12.8 Å². The highest BCUT2D eigenvalue weighted by Gasteiger charge is 2.25. The number of aromatic nitrogens is 3. The molecule has 1 aliphatic heterocycles. The van der Waals surface area contributed by atoms with Gasteiger partial charge in [-0.15, -0.1) is 11.3 Å². The fourth-order valence-electron chi connectivity index (χ4n) is 2.73. The topological polar surface area (TPSA) is 39.9 Å². The van der Waals surface area contributed by atoms with Crippen LogP contribution in [-0.2, 0) is 4.74 Å². The fraction of sp³-hybridized carbons (Fsp3) is 0.333. The summed E-state index contributed by atoms with van der Waals surface area (Å²) >= 11 is 7.63. The van der Waals surface area contributed by atoms with Gasteiger partial charge in [-0.25, -0.2) is 9.97 Å². The van der Waals surface area contributed by atoms with E-state index in [1.807, 2.05) is 24.3 Å². The number of fused-ring (bicyclic) bond motifs is 1. The Morgan fingerprint density at radius 2 is 2.24 bits per heavy atom. The van der Waals surface area contributed by atoms with Crippen LogP contribution in [0.2, 0.25) is 4.34 Å². The summed E-state index contributed by atoms with van der Waals surface area (Å²) in [6.45, 7) is 0.798. The van der Waals surface area contributed by atoms with E-state index in [1.54, 1.807) is 6.20 Å². The van der Waals surface area contributed by atoms with Crippen molar-refractivity contribution in [1.82, 2.24) is 14.5 Å². The zero-order valence-electron chi connectivity index (χ0n) is 11.3. The molecule has 0 bridgehead atoms. The summed E-state index contributed by atoms with van der Waals surface area (Å²) in [7, 11) is 0. The van der Waals surface area contributed by atoms with Gasteiger partial charge in [-0.1, -0.05) is 11.6 Å². The lowest BCUT2D eigenvalue weighted by atomic mass is 10.1. The van der Waals surface area contributed by atoms with E-state index in [0.717, 1.165) is 45.8 Å². The third kappa shape index (κ3) is 2.35. The Hall–Kier alpha value is -1.43. The molecular formula is C15H14ClN3OS. The molecule has 1 aliphatic rings. The molecule has 1 fully saturated rings. The highest BCUT2D eigenvalue weighted by molar-refractivity contribution is 7.18. The van der Waals surface area contributed by atoms with Crippen molar-refractivity contribution >= 4 is 34.1 Å². The van der Waals surface area contributed by atoms with Gasteiger partial charge in [0.15, 0.2) is 5.65 Å². The average Bonchev–Trinajstić information content (AvgIpc) is 3.11. The van der Waals surface area contributed by atoms with E-state index in [-0.39, 0.29) is 6.10 Å². The lowest BCUT2D eigenvalue weighted by molar-refractivity contribution is 0.00891. The van der Waals surface area contributed by atoms with Gasteiger partial charge in [0.1, 0.15) is 22.4 Å². The summed E-state index contributed by atoms with van der Waals surface area (Å²) in [6, 6.07) is 7.81. The number of imidazole rings is 1. The predicted octanol–water partition coefficient (Wildman–Crippen LogP) is 4.38. The smallest absolute Gasteiger partial charge is 0.165 e. The maximum atomic E-state index is 6.10. The summed E-state index contributed by atoms with van der Waals surface area (Å²) in [4.78, 5) is 9.25. The largest absolute Gasteiger partial charge is 0.370 e. The fourth-order valence-corrected chi connectivity index (χ4v) is 3.78. The van der Waals surface area contributed by atoms with Gasteiger partial charge < -0.3 is 4.74 Å². The van der Waals surface area contributed by atoms with Crippen molar-refractivity contribution in [2.24, 2.45) is 0 Å². The summed E-state index contributed by atoms with van der Waals surface area (Å²) in [5.74, 6) is 0.932. The molecule has 1 unspecified atom stereocenters. The van der Waals surface area contributed by atoms with Gasteiger partial charge >= 0.3 is 0 Å². The SMILES string of the molecule is Clc1ccc(-n2c(C3CCCCO3)nc3cccnc32)s1. The van der Waals surface area contributed by atoms with Crippen molar-refractivity contribution in [1.29, 1.82) is 0 Å². The first-order valence-corrected chi connectivity index (χ1v) is 8.23. The number of hydrogen-bond donors (Lipinski definition) is 0. The van der Waals surface area contributed by atoms with Crippen LogP contribution in [0.1, 0.15) is 31.2 Å². The summed E-state index contributed by atoms with van der Waals surface area (Å²) in [6.07, 6.45) is 5.13. The molecule has 0 aromatic carbocycles. The zero-order chi connectivity index (χ0) is 14.2. The molecule has 3 aromatic heterocycles. The van der Waals surface area contributed by atoms with Gasteiger partial charge in [0.2, 0.25) is 0 Å². The van der Waals surface area contributed by atoms with Crippen LogP contribution in [0.4, 0.5) is 0 Å². The Balaban J connectivity index is 1.92. The molecular weight excluding hydrogens is 306 g/mol.